The van der Waals surface area contributed by atoms with Gasteiger partial charge in [-0.25, -0.2) is 5.43 Å². The van der Waals surface area contributed by atoms with Gasteiger partial charge in [-0.2, -0.15) is 5.10 Å². The molecular formula is C22H21N3O2. The van der Waals surface area contributed by atoms with Crippen molar-refractivity contribution in [3.05, 3.63) is 77.9 Å². The van der Waals surface area contributed by atoms with Crippen molar-refractivity contribution in [2.45, 2.75) is 0 Å². The molecule has 3 aromatic rings. The summed E-state index contributed by atoms with van der Waals surface area (Å²) in [5.74, 6) is -0.215. The Hall–Kier alpha value is -3.18. The Kier molecular flexibility index (Phi) is 5.12. The van der Waals surface area contributed by atoms with Crippen LogP contribution in [0.15, 0.2) is 71.8 Å². The average molecular weight is 359 g/mol. The predicted octanol–water partition coefficient (Wildman–Crippen LogP) is 3.44. The molecule has 3 aromatic carbocycles. The van der Waals surface area contributed by atoms with E-state index < -0.39 is 0 Å². The van der Waals surface area contributed by atoms with Gasteiger partial charge in [0, 0.05) is 24.3 Å². The van der Waals surface area contributed by atoms with E-state index >= 15 is 0 Å². The van der Waals surface area contributed by atoms with E-state index in [1.54, 1.807) is 6.21 Å². The van der Waals surface area contributed by atoms with Crippen LogP contribution >= 0.6 is 0 Å². The maximum atomic E-state index is 12.5. The summed E-state index contributed by atoms with van der Waals surface area (Å²) >= 11 is 0. The van der Waals surface area contributed by atoms with Crippen LogP contribution in [0.3, 0.4) is 0 Å². The highest BCUT2D eigenvalue weighted by molar-refractivity contribution is 6.07. The largest absolute Gasteiger partial charge is 0.378 e. The van der Waals surface area contributed by atoms with Crippen molar-refractivity contribution in [2.24, 2.45) is 5.10 Å². The van der Waals surface area contributed by atoms with E-state index in [-0.39, 0.29) is 5.91 Å². The van der Waals surface area contributed by atoms with Gasteiger partial charge in [0.05, 0.1) is 19.4 Å². The highest BCUT2D eigenvalue weighted by Crippen LogP contribution is 2.18. The number of hydrazone groups is 1. The van der Waals surface area contributed by atoms with Crippen molar-refractivity contribution in [3.8, 4) is 0 Å². The molecule has 0 spiro atoms. The number of nitrogens with one attached hydrogen (secondary N) is 1. The molecule has 0 aromatic heterocycles. The third-order valence-electron chi connectivity index (χ3n) is 4.68. The van der Waals surface area contributed by atoms with Crippen molar-refractivity contribution in [1.29, 1.82) is 0 Å². The first-order valence-corrected chi connectivity index (χ1v) is 9.05. The minimum Gasteiger partial charge on any atom is -0.378 e. The van der Waals surface area contributed by atoms with Crippen molar-refractivity contribution < 1.29 is 9.53 Å². The number of fused-ring (bicyclic) bond motifs is 1. The van der Waals surface area contributed by atoms with Gasteiger partial charge in [0.1, 0.15) is 0 Å². The third-order valence-corrected chi connectivity index (χ3v) is 4.68. The monoisotopic (exact) mass is 359 g/mol. The summed E-state index contributed by atoms with van der Waals surface area (Å²) in [5, 5.41) is 6.06. The summed E-state index contributed by atoms with van der Waals surface area (Å²) in [5.41, 5.74) is 5.35. The zero-order chi connectivity index (χ0) is 18.5. The highest BCUT2D eigenvalue weighted by Gasteiger charge is 2.11. The van der Waals surface area contributed by atoms with E-state index in [1.807, 2.05) is 54.6 Å². The van der Waals surface area contributed by atoms with Crippen molar-refractivity contribution in [1.82, 2.24) is 5.43 Å². The molecule has 0 unspecified atom stereocenters. The van der Waals surface area contributed by atoms with Gasteiger partial charge in [-0.05, 0) is 34.5 Å². The summed E-state index contributed by atoms with van der Waals surface area (Å²) in [7, 11) is 0. The topological polar surface area (TPSA) is 53.9 Å². The summed E-state index contributed by atoms with van der Waals surface area (Å²) in [6, 6.07) is 21.6. The fourth-order valence-corrected chi connectivity index (χ4v) is 3.24. The SMILES string of the molecule is O=C(N/N=C\c1ccc(N2CCOCC2)cc1)c1cccc2ccccc12. The summed E-state index contributed by atoms with van der Waals surface area (Å²) in [6.07, 6.45) is 1.66. The van der Waals surface area contributed by atoms with Crippen LogP contribution in [0.5, 0.6) is 0 Å². The van der Waals surface area contributed by atoms with Crippen molar-refractivity contribution >= 4 is 28.6 Å². The van der Waals surface area contributed by atoms with E-state index in [4.69, 9.17) is 4.74 Å². The summed E-state index contributed by atoms with van der Waals surface area (Å²) < 4.78 is 5.38. The number of nitrogens with zero attached hydrogens (tertiary/aromatic N) is 2. The molecular weight excluding hydrogens is 338 g/mol. The molecule has 1 aliphatic rings. The number of ether oxygens (including phenoxy) is 1. The molecule has 1 amide bonds. The normalized spacial score (nSPS) is 14.6. The second-order valence-corrected chi connectivity index (χ2v) is 6.42. The van der Waals surface area contributed by atoms with Crippen LogP contribution in [-0.4, -0.2) is 38.4 Å². The Morgan fingerprint density at radius 1 is 0.963 bits per heavy atom. The number of hydrogen-bond donors (Lipinski definition) is 1. The van der Waals surface area contributed by atoms with Gasteiger partial charge in [0.2, 0.25) is 0 Å². The molecule has 27 heavy (non-hydrogen) atoms. The van der Waals surface area contributed by atoms with Gasteiger partial charge in [0.15, 0.2) is 0 Å². The zero-order valence-electron chi connectivity index (χ0n) is 15.0. The molecule has 136 valence electrons. The van der Waals surface area contributed by atoms with Crippen molar-refractivity contribution in [2.75, 3.05) is 31.2 Å². The molecule has 1 heterocycles. The van der Waals surface area contributed by atoms with Crippen LogP contribution in [0, 0.1) is 0 Å². The maximum Gasteiger partial charge on any atom is 0.271 e. The Morgan fingerprint density at radius 2 is 1.70 bits per heavy atom. The second-order valence-electron chi connectivity index (χ2n) is 6.42. The predicted molar refractivity (Wildman–Crippen MR) is 108 cm³/mol. The first kappa shape index (κ1) is 17.2. The van der Waals surface area contributed by atoms with Crippen molar-refractivity contribution in [3.63, 3.8) is 0 Å². The lowest BCUT2D eigenvalue weighted by atomic mass is 10.0. The Labute approximate surface area is 158 Å². The number of carbonyl (C=O) groups is 1. The molecule has 5 nitrogen and oxygen atoms in total. The average Bonchev–Trinajstić information content (AvgIpc) is 2.74. The fraction of sp³-hybridized carbons (Fsp3) is 0.182. The maximum absolute atomic E-state index is 12.5. The standard InChI is InChI=1S/C22H21N3O2/c26-22(21-7-3-5-18-4-1-2-6-20(18)21)24-23-16-17-8-10-19(11-9-17)25-12-14-27-15-13-25/h1-11,16H,12-15H2,(H,24,26)/b23-16-. The molecule has 1 fully saturated rings. The van der Waals surface area contributed by atoms with E-state index in [0.717, 1.165) is 42.6 Å². The first-order chi connectivity index (χ1) is 13.3. The smallest absolute Gasteiger partial charge is 0.271 e. The molecule has 1 saturated heterocycles. The van der Waals surface area contributed by atoms with Crippen LogP contribution in [-0.2, 0) is 4.74 Å². The summed E-state index contributed by atoms with van der Waals surface area (Å²) in [4.78, 5) is 14.8. The Bertz CT molecular complexity index is 955. The number of hydrogen-bond acceptors (Lipinski definition) is 4. The number of morpholine rings is 1. The molecule has 0 saturated carbocycles. The molecule has 1 aliphatic heterocycles. The van der Waals surface area contributed by atoms with Crippen LogP contribution in [0.2, 0.25) is 0 Å². The second kappa shape index (κ2) is 8.01. The number of amides is 1. The molecule has 1 N–H and O–H groups in total. The molecule has 0 bridgehead atoms. The molecule has 5 heteroatoms. The lowest BCUT2D eigenvalue weighted by Crippen LogP contribution is -2.36. The fourth-order valence-electron chi connectivity index (χ4n) is 3.24. The highest BCUT2D eigenvalue weighted by atomic mass is 16.5. The lowest BCUT2D eigenvalue weighted by molar-refractivity contribution is 0.0957. The van der Waals surface area contributed by atoms with Crippen LogP contribution in [0.4, 0.5) is 5.69 Å². The number of anilines is 1. The molecule has 4 rings (SSSR count). The molecule has 0 atom stereocenters. The zero-order valence-corrected chi connectivity index (χ0v) is 15.0. The minimum atomic E-state index is -0.215. The number of carbonyl (C=O) groups excluding carboxylic acids is 1. The van der Waals surface area contributed by atoms with E-state index in [9.17, 15) is 4.79 Å². The van der Waals surface area contributed by atoms with Crippen LogP contribution in [0.1, 0.15) is 15.9 Å². The summed E-state index contributed by atoms with van der Waals surface area (Å²) in [6.45, 7) is 3.36. The van der Waals surface area contributed by atoms with Gasteiger partial charge >= 0.3 is 0 Å². The quantitative estimate of drug-likeness (QED) is 0.573. The van der Waals surface area contributed by atoms with Gasteiger partial charge in [0.25, 0.3) is 5.91 Å². The van der Waals surface area contributed by atoms with Gasteiger partial charge in [-0.1, -0.05) is 48.5 Å². The van der Waals surface area contributed by atoms with Crippen LogP contribution < -0.4 is 10.3 Å². The van der Waals surface area contributed by atoms with Gasteiger partial charge in [-0.15, -0.1) is 0 Å². The molecule has 0 aliphatic carbocycles. The Morgan fingerprint density at radius 3 is 2.52 bits per heavy atom. The van der Waals surface area contributed by atoms with Gasteiger partial charge < -0.3 is 9.64 Å². The lowest BCUT2D eigenvalue weighted by Gasteiger charge is -2.28. The number of benzene rings is 3. The van der Waals surface area contributed by atoms with E-state index in [2.05, 4.69) is 27.6 Å². The van der Waals surface area contributed by atoms with E-state index in [1.165, 1.54) is 5.69 Å². The molecule has 0 radical (unpaired) electrons. The van der Waals surface area contributed by atoms with Crippen LogP contribution in [0.25, 0.3) is 10.8 Å². The first-order valence-electron chi connectivity index (χ1n) is 9.05. The third kappa shape index (κ3) is 3.99. The van der Waals surface area contributed by atoms with Gasteiger partial charge in [-0.3, -0.25) is 4.79 Å². The van der Waals surface area contributed by atoms with E-state index in [0.29, 0.717) is 5.56 Å². The minimum absolute atomic E-state index is 0.215. The Balaban J connectivity index is 1.42. The number of rotatable bonds is 4.